The van der Waals surface area contributed by atoms with Gasteiger partial charge in [-0.15, -0.1) is 0 Å². The fraction of sp³-hybridized carbons (Fsp3) is 0.900. The minimum Gasteiger partial charge on any atom is -0.340 e. The maximum Gasteiger partial charge on any atom is 0.224 e. The molecule has 1 aliphatic heterocycles. The number of carbonyl (C=O) groups is 1. The molecule has 3 nitrogen and oxygen atoms in total. The van der Waals surface area contributed by atoms with E-state index < -0.39 is 0 Å². The number of likely N-dealkylation sites (tertiary alicyclic amines) is 1. The number of nitrogens with zero attached hydrogens (tertiary/aromatic N) is 1. The van der Waals surface area contributed by atoms with Crippen molar-refractivity contribution in [3.05, 3.63) is 0 Å². The molecule has 0 aromatic heterocycles. The van der Waals surface area contributed by atoms with Gasteiger partial charge in [-0.3, -0.25) is 4.79 Å². The van der Waals surface area contributed by atoms with Crippen molar-refractivity contribution in [2.45, 2.75) is 51.6 Å². The molecule has 0 saturated carbocycles. The van der Waals surface area contributed by atoms with Crippen molar-refractivity contribution in [2.75, 3.05) is 6.54 Å². The first-order valence-corrected chi connectivity index (χ1v) is 5.20. The normalized spacial score (nSPS) is 24.8. The number of nitrogens with two attached hydrogens (primary N) is 1. The second kappa shape index (κ2) is 4.61. The number of hydrogen-bond acceptors (Lipinski definition) is 2. The van der Waals surface area contributed by atoms with Crippen molar-refractivity contribution >= 4 is 5.91 Å². The summed E-state index contributed by atoms with van der Waals surface area (Å²) in [7, 11) is 0. The third-order valence-electron chi connectivity index (χ3n) is 2.67. The van der Waals surface area contributed by atoms with Crippen LogP contribution in [0.1, 0.15) is 39.5 Å². The van der Waals surface area contributed by atoms with E-state index in [0.717, 1.165) is 19.4 Å². The molecule has 1 amide bonds. The van der Waals surface area contributed by atoms with Crippen LogP contribution >= 0.6 is 0 Å². The van der Waals surface area contributed by atoms with Crippen LogP contribution in [0.2, 0.25) is 0 Å². The minimum absolute atomic E-state index is 0.00870. The van der Waals surface area contributed by atoms with E-state index in [4.69, 9.17) is 5.73 Å². The highest BCUT2D eigenvalue weighted by Gasteiger charge is 2.27. The van der Waals surface area contributed by atoms with E-state index in [1.807, 2.05) is 11.8 Å². The zero-order chi connectivity index (χ0) is 9.84. The van der Waals surface area contributed by atoms with Gasteiger partial charge in [0.1, 0.15) is 0 Å². The summed E-state index contributed by atoms with van der Waals surface area (Å²) in [5, 5.41) is 0. The van der Waals surface area contributed by atoms with Crippen molar-refractivity contribution in [3.63, 3.8) is 0 Å². The molecular formula is C10H20N2O. The highest BCUT2D eigenvalue weighted by Crippen LogP contribution is 2.20. The van der Waals surface area contributed by atoms with Crippen LogP contribution in [0, 0.1) is 0 Å². The maximum absolute atomic E-state index is 11.7. The van der Waals surface area contributed by atoms with Crippen molar-refractivity contribution in [1.82, 2.24) is 4.90 Å². The Morgan fingerprint density at radius 3 is 2.92 bits per heavy atom. The largest absolute Gasteiger partial charge is 0.340 e. The molecule has 0 bridgehead atoms. The summed E-state index contributed by atoms with van der Waals surface area (Å²) in [5.41, 5.74) is 5.60. The highest BCUT2D eigenvalue weighted by molar-refractivity contribution is 5.77. The summed E-state index contributed by atoms with van der Waals surface area (Å²) < 4.78 is 0. The Balaban J connectivity index is 2.45. The number of amides is 1. The van der Waals surface area contributed by atoms with E-state index in [1.54, 1.807) is 0 Å². The summed E-state index contributed by atoms with van der Waals surface area (Å²) in [6, 6.07) is 0.469. The van der Waals surface area contributed by atoms with Crippen molar-refractivity contribution < 1.29 is 4.79 Å². The van der Waals surface area contributed by atoms with Crippen LogP contribution < -0.4 is 5.73 Å². The molecule has 13 heavy (non-hydrogen) atoms. The van der Waals surface area contributed by atoms with Crippen molar-refractivity contribution in [1.29, 1.82) is 0 Å². The molecule has 1 rings (SSSR count). The second-order valence-electron chi connectivity index (χ2n) is 3.97. The van der Waals surface area contributed by atoms with E-state index in [2.05, 4.69) is 6.92 Å². The van der Waals surface area contributed by atoms with Crippen LogP contribution in [0.25, 0.3) is 0 Å². The lowest BCUT2D eigenvalue weighted by Gasteiger charge is -2.24. The third kappa shape index (κ3) is 2.69. The fourth-order valence-corrected chi connectivity index (χ4v) is 1.98. The van der Waals surface area contributed by atoms with Crippen LogP contribution in [-0.4, -0.2) is 29.4 Å². The molecule has 0 aromatic carbocycles. The summed E-state index contributed by atoms with van der Waals surface area (Å²) in [6.07, 6.45) is 3.89. The lowest BCUT2D eigenvalue weighted by Crippen LogP contribution is -2.37. The van der Waals surface area contributed by atoms with Crippen LogP contribution in [0.4, 0.5) is 0 Å². The standard InChI is InChI=1S/C10H20N2O/c1-3-9-5-4-6-12(9)10(13)7-8(2)11/h8-9H,3-7,11H2,1-2H3. The van der Waals surface area contributed by atoms with Gasteiger partial charge in [0, 0.05) is 25.0 Å². The molecule has 1 fully saturated rings. The number of rotatable bonds is 3. The van der Waals surface area contributed by atoms with Gasteiger partial charge in [-0.05, 0) is 26.2 Å². The quantitative estimate of drug-likeness (QED) is 0.714. The topological polar surface area (TPSA) is 46.3 Å². The summed E-state index contributed by atoms with van der Waals surface area (Å²) in [5.74, 6) is 0.236. The average molecular weight is 184 g/mol. The SMILES string of the molecule is CCC1CCCN1C(=O)CC(C)N. The van der Waals surface area contributed by atoms with Crippen LogP contribution in [0.15, 0.2) is 0 Å². The molecule has 2 N–H and O–H groups in total. The molecule has 0 spiro atoms. The molecular weight excluding hydrogens is 164 g/mol. The van der Waals surface area contributed by atoms with Gasteiger partial charge in [0.05, 0.1) is 0 Å². The van der Waals surface area contributed by atoms with Gasteiger partial charge in [0.15, 0.2) is 0 Å². The molecule has 1 saturated heterocycles. The van der Waals surface area contributed by atoms with Gasteiger partial charge in [-0.1, -0.05) is 6.92 Å². The molecule has 1 heterocycles. The molecule has 76 valence electrons. The lowest BCUT2D eigenvalue weighted by atomic mass is 10.1. The molecule has 2 atom stereocenters. The van der Waals surface area contributed by atoms with E-state index in [0.29, 0.717) is 12.5 Å². The first-order valence-electron chi connectivity index (χ1n) is 5.20. The third-order valence-corrected chi connectivity index (χ3v) is 2.67. The Kier molecular flexibility index (Phi) is 3.72. The fourth-order valence-electron chi connectivity index (χ4n) is 1.98. The van der Waals surface area contributed by atoms with Gasteiger partial charge in [0.25, 0.3) is 0 Å². The van der Waals surface area contributed by atoms with Gasteiger partial charge in [-0.25, -0.2) is 0 Å². The summed E-state index contributed by atoms with van der Waals surface area (Å²) >= 11 is 0. The van der Waals surface area contributed by atoms with Crippen molar-refractivity contribution in [2.24, 2.45) is 5.73 Å². The van der Waals surface area contributed by atoms with Gasteiger partial charge >= 0.3 is 0 Å². The monoisotopic (exact) mass is 184 g/mol. The van der Waals surface area contributed by atoms with E-state index >= 15 is 0 Å². The first-order chi connectivity index (χ1) is 6.15. The van der Waals surface area contributed by atoms with E-state index in [9.17, 15) is 4.79 Å². The van der Waals surface area contributed by atoms with Crippen molar-refractivity contribution in [3.8, 4) is 0 Å². The summed E-state index contributed by atoms with van der Waals surface area (Å²) in [6.45, 7) is 4.96. The van der Waals surface area contributed by atoms with Crippen LogP contribution in [-0.2, 0) is 4.79 Å². The summed E-state index contributed by atoms with van der Waals surface area (Å²) in [4.78, 5) is 13.7. The maximum atomic E-state index is 11.7. The molecule has 0 radical (unpaired) electrons. The second-order valence-corrected chi connectivity index (χ2v) is 3.97. The Bertz CT molecular complexity index is 180. The van der Waals surface area contributed by atoms with Crippen LogP contribution in [0.3, 0.4) is 0 Å². The highest BCUT2D eigenvalue weighted by atomic mass is 16.2. The molecule has 3 heteroatoms. The van der Waals surface area contributed by atoms with Crippen LogP contribution in [0.5, 0.6) is 0 Å². The van der Waals surface area contributed by atoms with Gasteiger partial charge in [-0.2, -0.15) is 0 Å². The number of carbonyl (C=O) groups excluding carboxylic acids is 1. The first kappa shape index (κ1) is 10.5. The van der Waals surface area contributed by atoms with E-state index in [-0.39, 0.29) is 11.9 Å². The predicted octanol–water partition coefficient (Wildman–Crippen LogP) is 1.12. The minimum atomic E-state index is -0.00870. The average Bonchev–Trinajstić information content (AvgIpc) is 2.49. The molecule has 2 unspecified atom stereocenters. The van der Waals surface area contributed by atoms with Gasteiger partial charge in [0.2, 0.25) is 5.91 Å². The number of hydrogen-bond donors (Lipinski definition) is 1. The van der Waals surface area contributed by atoms with Gasteiger partial charge < -0.3 is 10.6 Å². The molecule has 0 aromatic rings. The smallest absolute Gasteiger partial charge is 0.224 e. The van der Waals surface area contributed by atoms with E-state index in [1.165, 1.54) is 6.42 Å². The Morgan fingerprint density at radius 1 is 1.69 bits per heavy atom. The Hall–Kier alpha value is -0.570. The Labute approximate surface area is 80.3 Å². The molecule has 1 aliphatic rings. The zero-order valence-corrected chi connectivity index (χ0v) is 8.62. The lowest BCUT2D eigenvalue weighted by molar-refractivity contribution is -0.132. The Morgan fingerprint density at radius 2 is 2.38 bits per heavy atom. The zero-order valence-electron chi connectivity index (χ0n) is 8.62. The predicted molar refractivity (Wildman–Crippen MR) is 53.3 cm³/mol. The molecule has 0 aliphatic carbocycles.